The van der Waals surface area contributed by atoms with Crippen LogP contribution < -0.4 is 4.74 Å². The lowest BCUT2D eigenvalue weighted by molar-refractivity contribution is -0.123. The second-order valence-corrected chi connectivity index (χ2v) is 6.73. The van der Waals surface area contributed by atoms with Crippen molar-refractivity contribution in [1.82, 2.24) is 4.90 Å². The summed E-state index contributed by atoms with van der Waals surface area (Å²) in [5.74, 6) is 0.365. The van der Waals surface area contributed by atoms with Gasteiger partial charge in [0.05, 0.1) is 18.1 Å². The third-order valence-corrected chi connectivity index (χ3v) is 4.94. The highest BCUT2D eigenvalue weighted by Gasteiger charge is 2.35. The highest BCUT2D eigenvalue weighted by atomic mass is 35.5. The summed E-state index contributed by atoms with van der Waals surface area (Å²) in [5, 5.41) is 0.234. The van der Waals surface area contributed by atoms with Gasteiger partial charge in [-0.15, -0.1) is 0 Å². The van der Waals surface area contributed by atoms with Gasteiger partial charge in [0.15, 0.2) is 0 Å². The molecule has 2 aromatic rings. The fourth-order valence-corrected chi connectivity index (χ4v) is 3.49. The summed E-state index contributed by atoms with van der Waals surface area (Å²) in [6.45, 7) is 2.59. The van der Waals surface area contributed by atoms with E-state index in [4.69, 9.17) is 16.3 Å². The average molecular weight is 374 g/mol. The largest absolute Gasteiger partial charge is 0.493 e. The first kappa shape index (κ1) is 17.6. The smallest absolute Gasteiger partial charge is 0.293 e. The van der Waals surface area contributed by atoms with E-state index in [9.17, 15) is 9.59 Å². The number of ether oxygens (including phenoxy) is 1. The third-order valence-electron chi connectivity index (χ3n) is 3.67. The molecule has 1 saturated heterocycles. The molecule has 0 aromatic heterocycles. The van der Waals surface area contributed by atoms with Crippen LogP contribution in [0.2, 0.25) is 5.02 Å². The van der Waals surface area contributed by atoms with Crippen LogP contribution in [0.4, 0.5) is 4.79 Å². The van der Waals surface area contributed by atoms with E-state index in [1.54, 1.807) is 18.2 Å². The Morgan fingerprint density at radius 3 is 2.60 bits per heavy atom. The highest BCUT2D eigenvalue weighted by Crippen LogP contribution is 2.35. The fourth-order valence-electron chi connectivity index (χ4n) is 2.46. The molecule has 6 heteroatoms. The van der Waals surface area contributed by atoms with Crippen molar-refractivity contribution < 1.29 is 14.3 Å². The van der Waals surface area contributed by atoms with Crippen LogP contribution in [0.1, 0.15) is 18.1 Å². The van der Waals surface area contributed by atoms with Crippen molar-refractivity contribution in [2.75, 3.05) is 6.61 Å². The van der Waals surface area contributed by atoms with Crippen LogP contribution in [0.15, 0.2) is 53.4 Å². The van der Waals surface area contributed by atoms with Gasteiger partial charge in [0.25, 0.3) is 11.1 Å². The lowest BCUT2D eigenvalue weighted by atomic mass is 10.1. The molecule has 25 heavy (non-hydrogen) atoms. The predicted molar refractivity (Wildman–Crippen MR) is 101 cm³/mol. The van der Waals surface area contributed by atoms with Crippen LogP contribution in [-0.2, 0) is 11.3 Å². The van der Waals surface area contributed by atoms with Gasteiger partial charge < -0.3 is 4.74 Å². The van der Waals surface area contributed by atoms with E-state index in [1.165, 1.54) is 4.90 Å². The molecule has 128 valence electrons. The minimum Gasteiger partial charge on any atom is -0.493 e. The summed E-state index contributed by atoms with van der Waals surface area (Å²) in [6, 6.07) is 14.6. The highest BCUT2D eigenvalue weighted by molar-refractivity contribution is 8.18. The zero-order chi connectivity index (χ0) is 17.8. The van der Waals surface area contributed by atoms with Gasteiger partial charge >= 0.3 is 0 Å². The molecule has 1 aliphatic heterocycles. The Bertz CT molecular complexity index is 850. The SMILES string of the molecule is CCOc1ccccc1/C=C1\SC(=O)N(Cc2ccccc2Cl)C1=O. The van der Waals surface area contributed by atoms with Crippen LogP contribution in [-0.4, -0.2) is 22.7 Å². The van der Waals surface area contributed by atoms with E-state index < -0.39 is 0 Å². The van der Waals surface area contributed by atoms with Gasteiger partial charge in [0.2, 0.25) is 0 Å². The molecule has 1 aliphatic rings. The topological polar surface area (TPSA) is 46.6 Å². The summed E-state index contributed by atoms with van der Waals surface area (Å²) in [7, 11) is 0. The lowest BCUT2D eigenvalue weighted by Crippen LogP contribution is -2.27. The zero-order valence-corrected chi connectivity index (χ0v) is 15.1. The van der Waals surface area contributed by atoms with E-state index in [0.717, 1.165) is 22.9 Å². The van der Waals surface area contributed by atoms with Crippen LogP contribution >= 0.6 is 23.4 Å². The molecule has 0 saturated carbocycles. The second-order valence-electron chi connectivity index (χ2n) is 5.33. The first-order valence-electron chi connectivity index (χ1n) is 7.80. The van der Waals surface area contributed by atoms with E-state index >= 15 is 0 Å². The normalized spacial score (nSPS) is 15.9. The summed E-state index contributed by atoms with van der Waals surface area (Å²) >= 11 is 7.06. The van der Waals surface area contributed by atoms with Crippen molar-refractivity contribution in [3.05, 3.63) is 69.6 Å². The predicted octanol–water partition coefficient (Wildman–Crippen LogP) is 4.98. The summed E-state index contributed by atoms with van der Waals surface area (Å²) in [5.41, 5.74) is 1.51. The number of carbonyl (C=O) groups is 2. The zero-order valence-electron chi connectivity index (χ0n) is 13.6. The molecule has 0 unspecified atom stereocenters. The molecule has 2 aromatic carbocycles. The number of benzene rings is 2. The number of para-hydroxylation sites is 1. The Labute approximate surface area is 155 Å². The van der Waals surface area contributed by atoms with Gasteiger partial charge in [0, 0.05) is 10.6 Å². The third kappa shape index (κ3) is 3.89. The van der Waals surface area contributed by atoms with Gasteiger partial charge in [-0.2, -0.15) is 0 Å². The molecular weight excluding hydrogens is 358 g/mol. The average Bonchev–Trinajstić information content (AvgIpc) is 2.86. The summed E-state index contributed by atoms with van der Waals surface area (Å²) in [4.78, 5) is 26.5. The number of amides is 2. The molecule has 4 nitrogen and oxygen atoms in total. The Morgan fingerprint density at radius 1 is 1.12 bits per heavy atom. The van der Waals surface area contributed by atoms with Gasteiger partial charge in [0.1, 0.15) is 5.75 Å². The molecule has 0 N–H and O–H groups in total. The van der Waals surface area contributed by atoms with Crippen LogP contribution in [0.3, 0.4) is 0 Å². The Balaban J connectivity index is 1.85. The number of rotatable bonds is 5. The quantitative estimate of drug-likeness (QED) is 0.694. The van der Waals surface area contributed by atoms with Crippen LogP contribution in [0.25, 0.3) is 6.08 Å². The number of hydrogen-bond donors (Lipinski definition) is 0. The minimum atomic E-state index is -0.318. The lowest BCUT2D eigenvalue weighted by Gasteiger charge is -2.13. The molecule has 3 rings (SSSR count). The van der Waals surface area contributed by atoms with Crippen molar-refractivity contribution >= 4 is 40.6 Å². The molecule has 1 fully saturated rings. The van der Waals surface area contributed by atoms with Crippen LogP contribution in [0.5, 0.6) is 5.75 Å². The Morgan fingerprint density at radius 2 is 1.84 bits per heavy atom. The Hall–Kier alpha value is -2.24. The summed E-state index contributed by atoms with van der Waals surface area (Å²) < 4.78 is 5.57. The number of carbonyl (C=O) groups excluding carboxylic acids is 2. The first-order valence-corrected chi connectivity index (χ1v) is 9.00. The molecule has 0 atom stereocenters. The van der Waals surface area contributed by atoms with Crippen LogP contribution in [0, 0.1) is 0 Å². The Kier molecular flexibility index (Phi) is 5.46. The number of imide groups is 1. The molecule has 2 amide bonds. The van der Waals surface area contributed by atoms with Gasteiger partial charge in [-0.1, -0.05) is 48.0 Å². The van der Waals surface area contributed by atoms with E-state index in [-0.39, 0.29) is 17.7 Å². The van der Waals surface area contributed by atoms with Crippen molar-refractivity contribution in [2.24, 2.45) is 0 Å². The maximum absolute atomic E-state index is 12.6. The molecule has 0 spiro atoms. The van der Waals surface area contributed by atoms with Gasteiger partial charge in [-0.25, -0.2) is 0 Å². The van der Waals surface area contributed by atoms with E-state index in [1.807, 2.05) is 43.3 Å². The molecule has 0 bridgehead atoms. The van der Waals surface area contributed by atoms with Gasteiger partial charge in [-0.3, -0.25) is 14.5 Å². The molecular formula is C19H16ClNO3S. The number of thioether (sulfide) groups is 1. The minimum absolute atomic E-state index is 0.161. The van der Waals surface area contributed by atoms with E-state index in [2.05, 4.69) is 0 Å². The number of nitrogens with zero attached hydrogens (tertiary/aromatic N) is 1. The maximum atomic E-state index is 12.6. The fraction of sp³-hybridized carbons (Fsp3) is 0.158. The second kappa shape index (κ2) is 7.76. The van der Waals surface area contributed by atoms with Crippen molar-refractivity contribution in [3.8, 4) is 5.75 Å². The van der Waals surface area contributed by atoms with Gasteiger partial charge in [-0.05, 0) is 42.5 Å². The molecule has 0 aliphatic carbocycles. The number of halogens is 1. The standard InChI is InChI=1S/C19H16ClNO3S/c1-2-24-16-10-6-4-7-13(16)11-17-18(22)21(19(23)25-17)12-14-8-3-5-9-15(14)20/h3-11H,2,12H2,1H3/b17-11-. The van der Waals surface area contributed by atoms with Crippen molar-refractivity contribution in [3.63, 3.8) is 0 Å². The number of hydrogen-bond acceptors (Lipinski definition) is 4. The first-order chi connectivity index (χ1) is 12.1. The van der Waals surface area contributed by atoms with Crippen molar-refractivity contribution in [1.29, 1.82) is 0 Å². The monoisotopic (exact) mass is 373 g/mol. The van der Waals surface area contributed by atoms with Crippen molar-refractivity contribution in [2.45, 2.75) is 13.5 Å². The maximum Gasteiger partial charge on any atom is 0.293 e. The molecule has 0 radical (unpaired) electrons. The van der Waals surface area contributed by atoms with E-state index in [0.29, 0.717) is 22.3 Å². The summed E-state index contributed by atoms with van der Waals surface area (Å²) in [6.07, 6.45) is 1.70. The molecule has 1 heterocycles.